The Labute approximate surface area is 312 Å². The van der Waals surface area contributed by atoms with Crippen molar-refractivity contribution < 1.29 is 9.47 Å². The summed E-state index contributed by atoms with van der Waals surface area (Å²) in [4.78, 5) is 0. The van der Waals surface area contributed by atoms with E-state index in [9.17, 15) is 0 Å². The van der Waals surface area contributed by atoms with Crippen LogP contribution in [0.3, 0.4) is 0 Å². The van der Waals surface area contributed by atoms with Gasteiger partial charge in [-0.3, -0.25) is 0 Å². The van der Waals surface area contributed by atoms with Crippen LogP contribution in [0.2, 0.25) is 0 Å². The summed E-state index contributed by atoms with van der Waals surface area (Å²) in [6.07, 6.45) is 55.1. The molecular weight excluding hydrogens is 597 g/mol. The number of hydrogen-bond donors (Lipinski definition) is 0. The Kier molecular flexibility index (Phi) is 42.3. The van der Waals surface area contributed by atoms with E-state index < -0.39 is 0 Å². The molecule has 0 aromatic rings. The standard InChI is InChI=1S/C47H96O2/c1-5-9-13-15-17-19-21-23-25-27-29-31-33-35-37-41-45-48-47(43-39-11-7-3,44-40-12-8-4)49-46-42-38-36-34-32-30-28-26-24-22-20-18-16-14-10-6-2/h5-46H2,1-4H3. The highest BCUT2D eigenvalue weighted by molar-refractivity contribution is 4.72. The van der Waals surface area contributed by atoms with Gasteiger partial charge in [0.05, 0.1) is 13.2 Å². The van der Waals surface area contributed by atoms with E-state index in [1.807, 2.05) is 0 Å². The number of hydrogen-bond acceptors (Lipinski definition) is 2. The molecule has 0 saturated heterocycles. The third-order valence-electron chi connectivity index (χ3n) is 11.0. The summed E-state index contributed by atoms with van der Waals surface area (Å²) in [5.74, 6) is -0.324. The second-order valence-corrected chi connectivity index (χ2v) is 16.1. The third-order valence-corrected chi connectivity index (χ3v) is 11.0. The van der Waals surface area contributed by atoms with Gasteiger partial charge in [0.15, 0.2) is 5.79 Å². The van der Waals surface area contributed by atoms with Crippen molar-refractivity contribution in [1.29, 1.82) is 0 Å². The largest absolute Gasteiger partial charge is 0.350 e. The SMILES string of the molecule is CCCCCCCCCCCCCCCCCCOC(CCCCC)(CCCCC)OCCCCCCCCCCCCCCCCCC. The summed E-state index contributed by atoms with van der Waals surface area (Å²) in [6, 6.07) is 0. The van der Waals surface area contributed by atoms with Crippen molar-refractivity contribution in [2.75, 3.05) is 13.2 Å². The molecule has 2 nitrogen and oxygen atoms in total. The van der Waals surface area contributed by atoms with Crippen LogP contribution in [0.15, 0.2) is 0 Å². The van der Waals surface area contributed by atoms with Crippen molar-refractivity contribution in [1.82, 2.24) is 0 Å². The van der Waals surface area contributed by atoms with Gasteiger partial charge in [-0.15, -0.1) is 0 Å². The van der Waals surface area contributed by atoms with Crippen LogP contribution in [-0.4, -0.2) is 19.0 Å². The highest BCUT2D eigenvalue weighted by atomic mass is 16.7. The molecular formula is C47H96O2. The van der Waals surface area contributed by atoms with Crippen LogP contribution in [0.1, 0.15) is 285 Å². The van der Waals surface area contributed by atoms with Crippen LogP contribution >= 0.6 is 0 Å². The molecule has 0 N–H and O–H groups in total. The molecule has 0 fully saturated rings. The smallest absolute Gasteiger partial charge is 0.168 e. The molecule has 0 saturated carbocycles. The summed E-state index contributed by atoms with van der Waals surface area (Å²) >= 11 is 0. The molecule has 0 aliphatic heterocycles. The van der Waals surface area contributed by atoms with Crippen molar-refractivity contribution in [2.45, 2.75) is 290 Å². The first-order valence-corrected chi connectivity index (χ1v) is 23.5. The fourth-order valence-electron chi connectivity index (χ4n) is 7.56. The minimum atomic E-state index is -0.324. The topological polar surface area (TPSA) is 18.5 Å². The van der Waals surface area contributed by atoms with E-state index in [0.29, 0.717) is 0 Å². The highest BCUT2D eigenvalue weighted by Gasteiger charge is 2.31. The van der Waals surface area contributed by atoms with E-state index in [0.717, 1.165) is 26.1 Å². The van der Waals surface area contributed by atoms with Crippen molar-refractivity contribution in [2.24, 2.45) is 0 Å². The third kappa shape index (κ3) is 37.5. The number of unbranched alkanes of at least 4 members (excludes halogenated alkanes) is 34. The summed E-state index contributed by atoms with van der Waals surface area (Å²) in [5.41, 5.74) is 0. The molecule has 0 unspecified atom stereocenters. The second-order valence-electron chi connectivity index (χ2n) is 16.1. The molecule has 0 bridgehead atoms. The minimum Gasteiger partial charge on any atom is -0.350 e. The molecule has 0 spiro atoms. The Bertz CT molecular complexity index is 524. The van der Waals surface area contributed by atoms with Crippen LogP contribution in [0, 0.1) is 0 Å². The van der Waals surface area contributed by atoms with Gasteiger partial charge in [-0.05, 0) is 25.7 Å². The van der Waals surface area contributed by atoms with Gasteiger partial charge in [0.1, 0.15) is 0 Å². The molecule has 0 heterocycles. The lowest BCUT2D eigenvalue weighted by Gasteiger charge is -2.34. The van der Waals surface area contributed by atoms with Crippen molar-refractivity contribution in [3.8, 4) is 0 Å². The maximum atomic E-state index is 6.75. The predicted octanol–water partition coefficient (Wildman–Crippen LogP) is 17.4. The fraction of sp³-hybridized carbons (Fsp3) is 1.00. The Balaban J connectivity index is 4.06. The maximum Gasteiger partial charge on any atom is 0.168 e. The maximum absolute atomic E-state index is 6.75. The lowest BCUT2D eigenvalue weighted by Crippen LogP contribution is -2.37. The van der Waals surface area contributed by atoms with E-state index >= 15 is 0 Å². The first kappa shape index (κ1) is 48.9. The van der Waals surface area contributed by atoms with Crippen LogP contribution in [0.5, 0.6) is 0 Å². The normalized spacial score (nSPS) is 12.0. The Morgan fingerprint density at radius 3 is 0.633 bits per heavy atom. The van der Waals surface area contributed by atoms with Crippen LogP contribution in [0.4, 0.5) is 0 Å². The molecule has 0 atom stereocenters. The molecule has 296 valence electrons. The fourth-order valence-corrected chi connectivity index (χ4v) is 7.56. The van der Waals surface area contributed by atoms with Crippen LogP contribution < -0.4 is 0 Å². The molecule has 0 aromatic carbocycles. The molecule has 0 aromatic heterocycles. The lowest BCUT2D eigenvalue weighted by atomic mass is 10.00. The average Bonchev–Trinajstić information content (AvgIpc) is 3.11. The second kappa shape index (κ2) is 42.3. The first-order valence-electron chi connectivity index (χ1n) is 23.5. The van der Waals surface area contributed by atoms with E-state index in [1.165, 1.54) is 244 Å². The van der Waals surface area contributed by atoms with Gasteiger partial charge in [0.2, 0.25) is 0 Å². The molecule has 0 aliphatic rings. The van der Waals surface area contributed by atoms with Crippen molar-refractivity contribution >= 4 is 0 Å². The summed E-state index contributed by atoms with van der Waals surface area (Å²) in [6.45, 7) is 11.0. The van der Waals surface area contributed by atoms with Gasteiger partial charge in [-0.25, -0.2) is 0 Å². The first-order chi connectivity index (χ1) is 24.2. The van der Waals surface area contributed by atoms with Crippen molar-refractivity contribution in [3.63, 3.8) is 0 Å². The number of ether oxygens (including phenoxy) is 2. The Morgan fingerprint density at radius 1 is 0.224 bits per heavy atom. The highest BCUT2D eigenvalue weighted by Crippen LogP contribution is 2.30. The van der Waals surface area contributed by atoms with E-state index in [-0.39, 0.29) is 5.79 Å². The summed E-state index contributed by atoms with van der Waals surface area (Å²) in [7, 11) is 0. The minimum absolute atomic E-state index is 0.324. The lowest BCUT2D eigenvalue weighted by molar-refractivity contribution is -0.247. The molecule has 2 heteroatoms. The van der Waals surface area contributed by atoms with Gasteiger partial charge in [-0.1, -0.05) is 246 Å². The van der Waals surface area contributed by atoms with Crippen molar-refractivity contribution in [3.05, 3.63) is 0 Å². The molecule has 0 rings (SSSR count). The summed E-state index contributed by atoms with van der Waals surface area (Å²) < 4.78 is 13.5. The van der Waals surface area contributed by atoms with Gasteiger partial charge in [0.25, 0.3) is 0 Å². The molecule has 49 heavy (non-hydrogen) atoms. The van der Waals surface area contributed by atoms with Crippen LogP contribution in [-0.2, 0) is 9.47 Å². The van der Waals surface area contributed by atoms with Gasteiger partial charge >= 0.3 is 0 Å². The van der Waals surface area contributed by atoms with E-state index in [1.54, 1.807) is 0 Å². The monoisotopic (exact) mass is 693 g/mol. The van der Waals surface area contributed by atoms with Gasteiger partial charge in [0, 0.05) is 12.8 Å². The van der Waals surface area contributed by atoms with Gasteiger partial charge in [-0.2, -0.15) is 0 Å². The zero-order valence-corrected chi connectivity index (χ0v) is 35.0. The zero-order chi connectivity index (χ0) is 35.6. The Hall–Kier alpha value is -0.0800. The Morgan fingerprint density at radius 2 is 0.408 bits per heavy atom. The zero-order valence-electron chi connectivity index (χ0n) is 35.0. The quantitative estimate of drug-likeness (QED) is 0.0467. The predicted molar refractivity (Wildman–Crippen MR) is 222 cm³/mol. The summed E-state index contributed by atoms with van der Waals surface area (Å²) in [5, 5.41) is 0. The number of rotatable bonds is 44. The van der Waals surface area contributed by atoms with E-state index in [2.05, 4.69) is 27.7 Å². The molecule has 0 aliphatic carbocycles. The molecule has 0 radical (unpaired) electrons. The van der Waals surface area contributed by atoms with Gasteiger partial charge < -0.3 is 9.47 Å². The average molecular weight is 693 g/mol. The van der Waals surface area contributed by atoms with E-state index in [4.69, 9.17) is 9.47 Å². The van der Waals surface area contributed by atoms with Crippen LogP contribution in [0.25, 0.3) is 0 Å². The molecule has 0 amide bonds.